The fourth-order valence-corrected chi connectivity index (χ4v) is 3.16. The van der Waals surface area contributed by atoms with Gasteiger partial charge in [0.1, 0.15) is 5.60 Å². The number of nitrogens with zero attached hydrogens (tertiary/aromatic N) is 1. The van der Waals surface area contributed by atoms with E-state index in [1.165, 1.54) is 6.42 Å². The van der Waals surface area contributed by atoms with Crippen molar-refractivity contribution in [3.8, 4) is 0 Å². The molecule has 0 spiro atoms. The Kier molecular flexibility index (Phi) is 8.00. The fourth-order valence-electron chi connectivity index (χ4n) is 3.16. The lowest BCUT2D eigenvalue weighted by molar-refractivity contribution is -0.0123. The van der Waals surface area contributed by atoms with E-state index in [2.05, 4.69) is 26.1 Å². The topological polar surface area (TPSA) is 50.8 Å². The molecule has 1 N–H and O–H groups in total. The minimum Gasteiger partial charge on any atom is -0.444 e. The van der Waals surface area contributed by atoms with Crippen molar-refractivity contribution in [2.24, 2.45) is 0 Å². The number of likely N-dealkylation sites (tertiary alicyclic amines) is 1. The molecule has 142 valence electrons. The number of carbonyl (C=O) groups excluding carboxylic acids is 1. The second-order valence-corrected chi connectivity index (χ2v) is 8.53. The summed E-state index contributed by atoms with van der Waals surface area (Å²) in [5.74, 6) is 0. The lowest BCUT2D eigenvalue weighted by Crippen LogP contribution is -2.49. The Morgan fingerprint density at radius 3 is 2.50 bits per heavy atom. The van der Waals surface area contributed by atoms with Crippen molar-refractivity contribution in [2.45, 2.75) is 97.4 Å². The SMILES string of the molecule is CCOC(C)(C)CNC(C)CC1CCCCN1C(=O)OC(C)(C)C. The lowest BCUT2D eigenvalue weighted by Gasteiger charge is -2.38. The molecule has 1 heterocycles. The van der Waals surface area contributed by atoms with Crippen LogP contribution in [0.1, 0.15) is 74.1 Å². The van der Waals surface area contributed by atoms with E-state index in [-0.39, 0.29) is 17.7 Å². The van der Waals surface area contributed by atoms with E-state index in [4.69, 9.17) is 9.47 Å². The third-order valence-corrected chi connectivity index (χ3v) is 4.29. The molecule has 5 heteroatoms. The van der Waals surface area contributed by atoms with Crippen molar-refractivity contribution in [1.82, 2.24) is 10.2 Å². The summed E-state index contributed by atoms with van der Waals surface area (Å²) in [4.78, 5) is 14.4. The molecular formula is C19H38N2O3. The predicted molar refractivity (Wildman–Crippen MR) is 98.4 cm³/mol. The van der Waals surface area contributed by atoms with Gasteiger partial charge in [0, 0.05) is 31.8 Å². The van der Waals surface area contributed by atoms with Crippen LogP contribution < -0.4 is 5.32 Å². The van der Waals surface area contributed by atoms with Gasteiger partial charge in [0.15, 0.2) is 0 Å². The first-order valence-electron chi connectivity index (χ1n) is 9.41. The Labute approximate surface area is 148 Å². The number of piperidine rings is 1. The first-order valence-corrected chi connectivity index (χ1v) is 9.41. The number of rotatable bonds is 7. The van der Waals surface area contributed by atoms with E-state index in [0.29, 0.717) is 6.04 Å². The maximum absolute atomic E-state index is 12.5. The zero-order valence-corrected chi connectivity index (χ0v) is 16.8. The molecule has 1 fully saturated rings. The smallest absolute Gasteiger partial charge is 0.410 e. The standard InChI is InChI=1S/C19H38N2O3/c1-8-23-19(6,7)14-20-15(2)13-16-11-9-10-12-21(16)17(22)24-18(3,4)5/h15-16,20H,8-14H2,1-7H3. The number of hydrogen-bond acceptors (Lipinski definition) is 4. The van der Waals surface area contributed by atoms with Gasteiger partial charge in [-0.2, -0.15) is 0 Å². The average molecular weight is 343 g/mol. The van der Waals surface area contributed by atoms with Crippen LogP contribution in [-0.4, -0.2) is 54.0 Å². The van der Waals surface area contributed by atoms with Crippen molar-refractivity contribution < 1.29 is 14.3 Å². The Bertz CT molecular complexity index is 391. The zero-order chi connectivity index (χ0) is 18.4. The first kappa shape index (κ1) is 21.2. The summed E-state index contributed by atoms with van der Waals surface area (Å²) in [6.07, 6.45) is 4.08. The van der Waals surface area contributed by atoms with E-state index in [0.717, 1.165) is 39.0 Å². The number of carbonyl (C=O) groups is 1. The Morgan fingerprint density at radius 1 is 1.25 bits per heavy atom. The molecule has 0 aromatic heterocycles. The predicted octanol–water partition coefficient (Wildman–Crippen LogP) is 3.96. The van der Waals surface area contributed by atoms with Gasteiger partial charge in [-0.05, 0) is 74.1 Å². The maximum atomic E-state index is 12.5. The summed E-state index contributed by atoms with van der Waals surface area (Å²) in [6.45, 7) is 16.5. The summed E-state index contributed by atoms with van der Waals surface area (Å²) in [6, 6.07) is 0.587. The molecule has 24 heavy (non-hydrogen) atoms. The molecule has 1 rings (SSSR count). The number of nitrogens with one attached hydrogen (secondary N) is 1. The van der Waals surface area contributed by atoms with Gasteiger partial charge in [-0.3, -0.25) is 0 Å². The second kappa shape index (κ2) is 9.04. The molecule has 5 nitrogen and oxygen atoms in total. The van der Waals surface area contributed by atoms with Crippen LogP contribution in [0.15, 0.2) is 0 Å². The summed E-state index contributed by atoms with van der Waals surface area (Å²) in [5, 5.41) is 3.56. The highest BCUT2D eigenvalue weighted by atomic mass is 16.6. The van der Waals surface area contributed by atoms with Gasteiger partial charge in [-0.25, -0.2) is 4.79 Å². The van der Waals surface area contributed by atoms with Crippen LogP contribution >= 0.6 is 0 Å². The van der Waals surface area contributed by atoms with Crippen LogP contribution in [0.5, 0.6) is 0 Å². The number of amides is 1. The van der Waals surface area contributed by atoms with Crippen molar-refractivity contribution in [1.29, 1.82) is 0 Å². The molecule has 0 aromatic rings. The molecule has 2 atom stereocenters. The first-order chi connectivity index (χ1) is 11.0. The molecule has 1 amide bonds. The highest BCUT2D eigenvalue weighted by molar-refractivity contribution is 5.68. The van der Waals surface area contributed by atoms with Crippen LogP contribution in [0, 0.1) is 0 Å². The number of hydrogen-bond donors (Lipinski definition) is 1. The Morgan fingerprint density at radius 2 is 1.92 bits per heavy atom. The highest BCUT2D eigenvalue weighted by Crippen LogP contribution is 2.23. The highest BCUT2D eigenvalue weighted by Gasteiger charge is 2.31. The van der Waals surface area contributed by atoms with E-state index >= 15 is 0 Å². The molecule has 1 aliphatic rings. The number of ether oxygens (including phenoxy) is 2. The normalized spacial score (nSPS) is 20.8. The summed E-state index contributed by atoms with van der Waals surface area (Å²) < 4.78 is 11.3. The Balaban J connectivity index is 2.54. The van der Waals surface area contributed by atoms with Crippen molar-refractivity contribution in [2.75, 3.05) is 19.7 Å². The average Bonchev–Trinajstić information content (AvgIpc) is 2.44. The van der Waals surface area contributed by atoms with Crippen LogP contribution in [0.2, 0.25) is 0 Å². The third kappa shape index (κ3) is 7.84. The summed E-state index contributed by atoms with van der Waals surface area (Å²) in [7, 11) is 0. The van der Waals surface area contributed by atoms with E-state index < -0.39 is 5.60 Å². The molecule has 1 saturated heterocycles. The van der Waals surface area contributed by atoms with Gasteiger partial charge in [0.2, 0.25) is 0 Å². The van der Waals surface area contributed by atoms with Gasteiger partial charge < -0.3 is 19.7 Å². The van der Waals surface area contributed by atoms with Crippen LogP contribution in [0.4, 0.5) is 4.79 Å². The summed E-state index contributed by atoms with van der Waals surface area (Å²) in [5.41, 5.74) is -0.606. The second-order valence-electron chi connectivity index (χ2n) is 8.53. The van der Waals surface area contributed by atoms with E-state index in [9.17, 15) is 4.79 Å². The van der Waals surface area contributed by atoms with Gasteiger partial charge in [-0.1, -0.05) is 0 Å². The van der Waals surface area contributed by atoms with Gasteiger partial charge in [0.05, 0.1) is 5.60 Å². The van der Waals surface area contributed by atoms with E-state index in [1.807, 2.05) is 32.6 Å². The maximum Gasteiger partial charge on any atom is 0.410 e. The molecule has 0 bridgehead atoms. The quantitative estimate of drug-likeness (QED) is 0.761. The molecule has 1 aliphatic heterocycles. The minimum atomic E-state index is -0.440. The van der Waals surface area contributed by atoms with Crippen LogP contribution in [0.3, 0.4) is 0 Å². The van der Waals surface area contributed by atoms with Crippen LogP contribution in [-0.2, 0) is 9.47 Å². The molecule has 0 aliphatic carbocycles. The monoisotopic (exact) mass is 342 g/mol. The summed E-state index contributed by atoms with van der Waals surface area (Å²) >= 11 is 0. The van der Waals surface area contributed by atoms with Crippen molar-refractivity contribution in [3.05, 3.63) is 0 Å². The minimum absolute atomic E-state index is 0.166. The molecule has 2 unspecified atom stereocenters. The van der Waals surface area contributed by atoms with E-state index in [1.54, 1.807) is 0 Å². The molecule has 0 saturated carbocycles. The van der Waals surface area contributed by atoms with Gasteiger partial charge in [-0.15, -0.1) is 0 Å². The molecular weight excluding hydrogens is 304 g/mol. The fraction of sp³-hybridized carbons (Fsp3) is 0.947. The Hall–Kier alpha value is -0.810. The van der Waals surface area contributed by atoms with Crippen molar-refractivity contribution >= 4 is 6.09 Å². The van der Waals surface area contributed by atoms with Crippen LogP contribution in [0.25, 0.3) is 0 Å². The largest absolute Gasteiger partial charge is 0.444 e. The third-order valence-electron chi connectivity index (χ3n) is 4.29. The van der Waals surface area contributed by atoms with Crippen molar-refractivity contribution in [3.63, 3.8) is 0 Å². The zero-order valence-electron chi connectivity index (χ0n) is 16.8. The molecule has 0 radical (unpaired) electrons. The van der Waals surface area contributed by atoms with Gasteiger partial charge in [0.25, 0.3) is 0 Å². The lowest BCUT2D eigenvalue weighted by atomic mass is 9.96. The van der Waals surface area contributed by atoms with Gasteiger partial charge >= 0.3 is 6.09 Å². The molecule has 0 aromatic carbocycles.